The van der Waals surface area contributed by atoms with E-state index in [4.69, 9.17) is 0 Å². The molecule has 0 atom stereocenters. The highest BCUT2D eigenvalue weighted by Gasteiger charge is 2.15. The summed E-state index contributed by atoms with van der Waals surface area (Å²) in [7, 11) is 1.89. The Labute approximate surface area is 177 Å². The summed E-state index contributed by atoms with van der Waals surface area (Å²) < 4.78 is 3.41. The van der Waals surface area contributed by atoms with E-state index in [1.54, 1.807) is 15.4 Å². The van der Waals surface area contributed by atoms with Crippen LogP contribution < -0.4 is 5.32 Å². The van der Waals surface area contributed by atoms with Crippen LogP contribution in [0, 0.1) is 6.92 Å². The Balaban J connectivity index is 1.49. The lowest BCUT2D eigenvalue weighted by Gasteiger charge is -2.03. The average molecular weight is 410 g/mol. The SMILES string of the molecule is Cc1ccc(-c2nn(C)cc2-c2ccc3nc(NC(=O)c4ccncn4)cn3n2)cc1. The summed E-state index contributed by atoms with van der Waals surface area (Å²) in [5.41, 5.74) is 5.60. The summed E-state index contributed by atoms with van der Waals surface area (Å²) in [5, 5.41) is 12.1. The summed E-state index contributed by atoms with van der Waals surface area (Å²) in [6.45, 7) is 2.05. The molecule has 31 heavy (non-hydrogen) atoms. The van der Waals surface area contributed by atoms with Gasteiger partial charge in [-0.2, -0.15) is 10.2 Å². The predicted molar refractivity (Wildman–Crippen MR) is 115 cm³/mol. The van der Waals surface area contributed by atoms with Crippen molar-refractivity contribution in [3.05, 3.63) is 78.6 Å². The van der Waals surface area contributed by atoms with Gasteiger partial charge in [-0.25, -0.2) is 19.5 Å². The van der Waals surface area contributed by atoms with Gasteiger partial charge < -0.3 is 5.32 Å². The number of fused-ring (bicyclic) bond motifs is 1. The van der Waals surface area contributed by atoms with Crippen molar-refractivity contribution < 1.29 is 4.79 Å². The second-order valence-electron chi connectivity index (χ2n) is 7.13. The number of nitrogens with one attached hydrogen (secondary N) is 1. The molecule has 0 saturated carbocycles. The van der Waals surface area contributed by atoms with E-state index in [1.165, 1.54) is 24.2 Å². The maximum Gasteiger partial charge on any atom is 0.275 e. The molecule has 4 heterocycles. The van der Waals surface area contributed by atoms with Gasteiger partial charge in [-0.15, -0.1) is 0 Å². The zero-order valence-electron chi connectivity index (χ0n) is 16.9. The van der Waals surface area contributed by atoms with Crippen LogP contribution in [-0.2, 0) is 7.05 Å². The second kappa shape index (κ2) is 7.45. The van der Waals surface area contributed by atoms with E-state index in [2.05, 4.69) is 61.7 Å². The minimum Gasteiger partial charge on any atom is -0.304 e. The molecule has 1 aromatic carbocycles. The van der Waals surface area contributed by atoms with Crippen molar-refractivity contribution in [1.29, 1.82) is 0 Å². The van der Waals surface area contributed by atoms with Crippen molar-refractivity contribution >= 4 is 17.4 Å². The number of hydrogen-bond acceptors (Lipinski definition) is 6. The number of aromatic nitrogens is 7. The van der Waals surface area contributed by atoms with Gasteiger partial charge in [0.1, 0.15) is 17.7 Å². The molecule has 9 nitrogen and oxygen atoms in total. The molecule has 1 amide bonds. The third kappa shape index (κ3) is 3.64. The third-order valence-corrected chi connectivity index (χ3v) is 4.81. The highest BCUT2D eigenvalue weighted by atomic mass is 16.1. The molecule has 0 fully saturated rings. The normalized spacial score (nSPS) is 11.0. The monoisotopic (exact) mass is 410 g/mol. The topological polar surface area (TPSA) is 103 Å². The number of amides is 1. The molecule has 0 spiro atoms. The number of anilines is 1. The number of carbonyl (C=O) groups excluding carboxylic acids is 1. The third-order valence-electron chi connectivity index (χ3n) is 4.81. The van der Waals surface area contributed by atoms with E-state index < -0.39 is 0 Å². The van der Waals surface area contributed by atoms with Gasteiger partial charge in [0.25, 0.3) is 5.91 Å². The van der Waals surface area contributed by atoms with Crippen LogP contribution in [0.5, 0.6) is 0 Å². The lowest BCUT2D eigenvalue weighted by atomic mass is 10.0. The number of benzene rings is 1. The second-order valence-corrected chi connectivity index (χ2v) is 7.13. The van der Waals surface area contributed by atoms with Crippen LogP contribution in [0.3, 0.4) is 0 Å². The largest absolute Gasteiger partial charge is 0.304 e. The molecule has 0 aliphatic carbocycles. The van der Waals surface area contributed by atoms with Crippen LogP contribution in [0.25, 0.3) is 28.2 Å². The Kier molecular flexibility index (Phi) is 4.47. The van der Waals surface area contributed by atoms with Gasteiger partial charge >= 0.3 is 0 Å². The highest BCUT2D eigenvalue weighted by molar-refractivity contribution is 6.02. The minimum absolute atomic E-state index is 0.263. The molecular formula is C22H18N8O. The van der Waals surface area contributed by atoms with Gasteiger partial charge in [-0.1, -0.05) is 29.8 Å². The summed E-state index contributed by atoms with van der Waals surface area (Å²) in [4.78, 5) is 24.5. The summed E-state index contributed by atoms with van der Waals surface area (Å²) in [5.74, 6) is 0.0261. The van der Waals surface area contributed by atoms with Gasteiger partial charge in [0.05, 0.1) is 11.9 Å². The summed E-state index contributed by atoms with van der Waals surface area (Å²) >= 11 is 0. The Morgan fingerprint density at radius 2 is 1.84 bits per heavy atom. The van der Waals surface area contributed by atoms with Crippen LogP contribution in [0.4, 0.5) is 5.82 Å². The predicted octanol–water partition coefficient (Wildman–Crippen LogP) is 3.15. The summed E-state index contributed by atoms with van der Waals surface area (Å²) in [6.07, 6.45) is 6.45. The van der Waals surface area contributed by atoms with Crippen LogP contribution >= 0.6 is 0 Å². The van der Waals surface area contributed by atoms with Crippen molar-refractivity contribution in [3.63, 3.8) is 0 Å². The van der Waals surface area contributed by atoms with Crippen molar-refractivity contribution in [2.45, 2.75) is 6.92 Å². The number of imidazole rings is 1. The van der Waals surface area contributed by atoms with Crippen LogP contribution in [0.15, 0.2) is 67.4 Å². The lowest BCUT2D eigenvalue weighted by molar-refractivity contribution is 0.102. The Bertz CT molecular complexity index is 1390. The number of aryl methyl sites for hydroxylation is 2. The molecular weight excluding hydrogens is 392 g/mol. The van der Waals surface area contributed by atoms with Gasteiger partial charge in [-0.05, 0) is 25.1 Å². The molecule has 0 bridgehead atoms. The van der Waals surface area contributed by atoms with Gasteiger partial charge in [0.15, 0.2) is 11.5 Å². The molecule has 0 saturated heterocycles. The number of hydrogen-bond donors (Lipinski definition) is 1. The molecule has 0 aliphatic rings. The van der Waals surface area contributed by atoms with E-state index in [0.29, 0.717) is 11.5 Å². The molecule has 4 aromatic heterocycles. The first-order valence-electron chi connectivity index (χ1n) is 9.62. The minimum atomic E-state index is -0.361. The standard InChI is InChI=1S/C22H18N8O/c1-14-3-5-15(6-4-14)21-16(11-29(2)28-21)17-7-8-20-25-19(12-30(20)27-17)26-22(31)18-9-10-23-13-24-18/h3-13H,1-2H3,(H,26,31). The lowest BCUT2D eigenvalue weighted by Crippen LogP contribution is -2.13. The van der Waals surface area contributed by atoms with E-state index >= 15 is 0 Å². The maximum absolute atomic E-state index is 12.3. The quantitative estimate of drug-likeness (QED) is 0.488. The van der Waals surface area contributed by atoms with E-state index in [0.717, 1.165) is 22.5 Å². The summed E-state index contributed by atoms with van der Waals surface area (Å²) in [6, 6.07) is 13.5. The fourth-order valence-electron chi connectivity index (χ4n) is 3.29. The first-order chi connectivity index (χ1) is 15.1. The van der Waals surface area contributed by atoms with Crippen LogP contribution in [-0.4, -0.2) is 40.3 Å². The highest BCUT2D eigenvalue weighted by Crippen LogP contribution is 2.30. The number of carbonyl (C=O) groups is 1. The Morgan fingerprint density at radius 1 is 1.00 bits per heavy atom. The number of nitrogens with zero attached hydrogens (tertiary/aromatic N) is 7. The average Bonchev–Trinajstić information content (AvgIpc) is 3.37. The van der Waals surface area contributed by atoms with E-state index in [9.17, 15) is 4.79 Å². The molecule has 0 radical (unpaired) electrons. The molecule has 5 aromatic rings. The zero-order chi connectivity index (χ0) is 21.4. The van der Waals surface area contributed by atoms with E-state index in [1.807, 2.05) is 25.4 Å². The fourth-order valence-corrected chi connectivity index (χ4v) is 3.29. The van der Waals surface area contributed by atoms with Crippen molar-refractivity contribution in [1.82, 2.24) is 34.3 Å². The van der Waals surface area contributed by atoms with Crippen molar-refractivity contribution in [2.24, 2.45) is 7.05 Å². The number of rotatable bonds is 4. The first kappa shape index (κ1) is 18.6. The zero-order valence-corrected chi connectivity index (χ0v) is 16.9. The van der Waals surface area contributed by atoms with Crippen LogP contribution in [0.2, 0.25) is 0 Å². The molecule has 0 unspecified atom stereocenters. The van der Waals surface area contributed by atoms with Crippen molar-refractivity contribution in [2.75, 3.05) is 5.32 Å². The first-order valence-corrected chi connectivity index (χ1v) is 9.62. The molecule has 152 valence electrons. The van der Waals surface area contributed by atoms with Gasteiger partial charge in [-0.3, -0.25) is 9.48 Å². The fraction of sp³-hybridized carbons (Fsp3) is 0.0909. The Hall–Kier alpha value is -4.40. The molecule has 5 rings (SSSR count). The smallest absolute Gasteiger partial charge is 0.275 e. The molecule has 0 aliphatic heterocycles. The molecule has 9 heteroatoms. The van der Waals surface area contributed by atoms with Crippen LogP contribution in [0.1, 0.15) is 16.1 Å². The maximum atomic E-state index is 12.3. The van der Waals surface area contributed by atoms with E-state index in [-0.39, 0.29) is 11.6 Å². The Morgan fingerprint density at radius 3 is 2.61 bits per heavy atom. The van der Waals surface area contributed by atoms with Crippen molar-refractivity contribution in [3.8, 4) is 22.5 Å². The molecule has 1 N–H and O–H groups in total. The van der Waals surface area contributed by atoms with Gasteiger partial charge in [0, 0.05) is 30.6 Å². The van der Waals surface area contributed by atoms with Gasteiger partial charge in [0.2, 0.25) is 0 Å².